The average molecular weight is 276 g/mol. The molecule has 0 unspecified atom stereocenters. The lowest BCUT2D eigenvalue weighted by molar-refractivity contribution is 0.105. The van der Waals surface area contributed by atoms with E-state index in [0.717, 1.165) is 30.2 Å². The summed E-state index contributed by atoms with van der Waals surface area (Å²) in [7, 11) is 1.67. The number of nitrogens with one attached hydrogen (secondary N) is 1. The first-order valence-corrected chi connectivity index (χ1v) is 7.09. The van der Waals surface area contributed by atoms with Crippen LogP contribution < -0.4 is 10.1 Å². The smallest absolute Gasteiger partial charge is 0.139 e. The Morgan fingerprint density at radius 1 is 1.30 bits per heavy atom. The summed E-state index contributed by atoms with van der Waals surface area (Å²) in [4.78, 5) is 4.67. The SMILES string of the molecule is CCO[C@@H](C1=NCC(C)(C)CN1)c1ccc(OC)cc1. The maximum atomic E-state index is 5.88. The molecule has 1 aromatic carbocycles. The van der Waals surface area contributed by atoms with E-state index in [1.165, 1.54) is 0 Å². The number of aliphatic imine (C=N–C) groups is 1. The molecular weight excluding hydrogens is 252 g/mol. The predicted molar refractivity (Wildman–Crippen MR) is 81.4 cm³/mol. The van der Waals surface area contributed by atoms with Crippen molar-refractivity contribution in [2.24, 2.45) is 10.4 Å². The minimum absolute atomic E-state index is 0.123. The summed E-state index contributed by atoms with van der Waals surface area (Å²) >= 11 is 0. The van der Waals surface area contributed by atoms with Crippen LogP contribution in [0, 0.1) is 5.41 Å². The lowest BCUT2D eigenvalue weighted by atomic mass is 9.92. The van der Waals surface area contributed by atoms with Crippen LogP contribution in [-0.4, -0.2) is 32.6 Å². The van der Waals surface area contributed by atoms with Crippen LogP contribution in [0.3, 0.4) is 0 Å². The Morgan fingerprint density at radius 2 is 2.00 bits per heavy atom. The zero-order valence-electron chi connectivity index (χ0n) is 12.8. The monoisotopic (exact) mass is 276 g/mol. The fourth-order valence-corrected chi connectivity index (χ4v) is 2.19. The molecule has 4 heteroatoms. The second-order valence-corrected chi connectivity index (χ2v) is 5.83. The standard InChI is InChI=1S/C16H24N2O2/c1-5-20-14(12-6-8-13(19-4)9-7-12)15-17-10-16(2,3)11-18-15/h6-9,14H,5,10-11H2,1-4H3,(H,17,18)/t14-/m1/s1. The summed E-state index contributed by atoms with van der Waals surface area (Å²) < 4.78 is 11.1. The number of amidine groups is 1. The van der Waals surface area contributed by atoms with Crippen LogP contribution in [0.5, 0.6) is 5.75 Å². The molecule has 2 rings (SSSR count). The number of rotatable bonds is 5. The quantitative estimate of drug-likeness (QED) is 0.899. The van der Waals surface area contributed by atoms with Crippen molar-refractivity contribution in [3.63, 3.8) is 0 Å². The Balaban J connectivity index is 2.20. The number of nitrogens with zero attached hydrogens (tertiary/aromatic N) is 1. The second kappa shape index (κ2) is 6.27. The lowest BCUT2D eigenvalue weighted by Gasteiger charge is -2.32. The minimum Gasteiger partial charge on any atom is -0.497 e. The van der Waals surface area contributed by atoms with Gasteiger partial charge in [-0.05, 0) is 24.6 Å². The molecule has 0 aromatic heterocycles. The van der Waals surface area contributed by atoms with Gasteiger partial charge in [0.05, 0.1) is 7.11 Å². The Morgan fingerprint density at radius 3 is 2.50 bits per heavy atom. The number of ether oxygens (including phenoxy) is 2. The molecule has 0 saturated carbocycles. The highest BCUT2D eigenvalue weighted by molar-refractivity contribution is 5.88. The third kappa shape index (κ3) is 3.51. The van der Waals surface area contributed by atoms with Crippen molar-refractivity contribution in [1.82, 2.24) is 5.32 Å². The number of hydrogen-bond acceptors (Lipinski definition) is 4. The van der Waals surface area contributed by atoms with E-state index in [4.69, 9.17) is 9.47 Å². The van der Waals surface area contributed by atoms with Gasteiger partial charge in [-0.3, -0.25) is 4.99 Å². The van der Waals surface area contributed by atoms with Crippen LogP contribution >= 0.6 is 0 Å². The molecule has 1 atom stereocenters. The molecule has 0 radical (unpaired) electrons. The van der Waals surface area contributed by atoms with Crippen LogP contribution in [0.4, 0.5) is 0 Å². The van der Waals surface area contributed by atoms with Crippen LogP contribution in [0.2, 0.25) is 0 Å². The van der Waals surface area contributed by atoms with E-state index in [-0.39, 0.29) is 11.5 Å². The van der Waals surface area contributed by atoms with E-state index in [1.807, 2.05) is 31.2 Å². The molecule has 1 aliphatic heterocycles. The molecule has 0 fully saturated rings. The third-order valence-electron chi connectivity index (χ3n) is 3.43. The van der Waals surface area contributed by atoms with Gasteiger partial charge in [0, 0.05) is 25.1 Å². The summed E-state index contributed by atoms with van der Waals surface area (Å²) in [6.07, 6.45) is -0.123. The van der Waals surface area contributed by atoms with Crippen LogP contribution in [0.25, 0.3) is 0 Å². The predicted octanol–water partition coefficient (Wildman–Crippen LogP) is 2.80. The maximum absolute atomic E-state index is 5.88. The van der Waals surface area contributed by atoms with Crippen molar-refractivity contribution >= 4 is 5.84 Å². The molecular formula is C16H24N2O2. The Labute approximate surface area is 121 Å². The Hall–Kier alpha value is -1.55. The fraction of sp³-hybridized carbons (Fsp3) is 0.562. The number of methoxy groups -OCH3 is 1. The molecule has 0 aliphatic carbocycles. The van der Waals surface area contributed by atoms with Crippen molar-refractivity contribution in [2.75, 3.05) is 26.8 Å². The Bertz CT molecular complexity index is 466. The molecule has 0 saturated heterocycles. The van der Waals surface area contributed by atoms with Crippen LogP contribution in [0.15, 0.2) is 29.3 Å². The van der Waals surface area contributed by atoms with Gasteiger partial charge in [-0.15, -0.1) is 0 Å². The van der Waals surface area contributed by atoms with Gasteiger partial charge in [-0.2, -0.15) is 0 Å². The Kier molecular flexibility index (Phi) is 4.65. The summed E-state index contributed by atoms with van der Waals surface area (Å²) in [5.74, 6) is 1.78. The van der Waals surface area contributed by atoms with Gasteiger partial charge in [0.2, 0.25) is 0 Å². The van der Waals surface area contributed by atoms with Gasteiger partial charge in [0.1, 0.15) is 17.7 Å². The van der Waals surface area contributed by atoms with Crippen molar-refractivity contribution in [2.45, 2.75) is 26.9 Å². The first kappa shape index (κ1) is 14.9. The first-order chi connectivity index (χ1) is 9.55. The molecule has 1 aromatic rings. The molecule has 0 spiro atoms. The molecule has 0 bridgehead atoms. The van der Waals surface area contributed by atoms with Crippen molar-refractivity contribution < 1.29 is 9.47 Å². The molecule has 20 heavy (non-hydrogen) atoms. The molecule has 1 heterocycles. The molecule has 1 N–H and O–H groups in total. The largest absolute Gasteiger partial charge is 0.497 e. The van der Waals surface area contributed by atoms with E-state index in [9.17, 15) is 0 Å². The van der Waals surface area contributed by atoms with Crippen LogP contribution in [-0.2, 0) is 4.74 Å². The average Bonchev–Trinajstić information content (AvgIpc) is 2.45. The van der Waals surface area contributed by atoms with Gasteiger partial charge in [0.15, 0.2) is 0 Å². The van der Waals surface area contributed by atoms with Crippen molar-refractivity contribution in [3.05, 3.63) is 29.8 Å². The van der Waals surface area contributed by atoms with E-state index >= 15 is 0 Å². The van der Waals surface area contributed by atoms with Gasteiger partial charge in [-0.25, -0.2) is 0 Å². The van der Waals surface area contributed by atoms with E-state index in [0.29, 0.717) is 6.61 Å². The second-order valence-electron chi connectivity index (χ2n) is 5.83. The normalized spacial score (nSPS) is 18.9. The van der Waals surface area contributed by atoms with Crippen LogP contribution in [0.1, 0.15) is 32.4 Å². The summed E-state index contributed by atoms with van der Waals surface area (Å²) in [5, 5.41) is 3.42. The van der Waals surface area contributed by atoms with E-state index in [2.05, 4.69) is 24.2 Å². The maximum Gasteiger partial charge on any atom is 0.139 e. The highest BCUT2D eigenvalue weighted by atomic mass is 16.5. The van der Waals surface area contributed by atoms with Crippen molar-refractivity contribution in [1.29, 1.82) is 0 Å². The molecule has 1 aliphatic rings. The first-order valence-electron chi connectivity index (χ1n) is 7.09. The fourth-order valence-electron chi connectivity index (χ4n) is 2.19. The minimum atomic E-state index is -0.123. The highest BCUT2D eigenvalue weighted by Crippen LogP contribution is 2.25. The molecule has 110 valence electrons. The zero-order valence-corrected chi connectivity index (χ0v) is 12.8. The van der Waals surface area contributed by atoms with E-state index < -0.39 is 0 Å². The summed E-state index contributed by atoms with van der Waals surface area (Å²) in [5.41, 5.74) is 1.30. The molecule has 0 amide bonds. The lowest BCUT2D eigenvalue weighted by Crippen LogP contribution is -2.43. The summed E-state index contributed by atoms with van der Waals surface area (Å²) in [6.45, 7) is 8.83. The zero-order chi connectivity index (χ0) is 14.6. The van der Waals surface area contributed by atoms with Crippen molar-refractivity contribution in [3.8, 4) is 5.75 Å². The number of benzene rings is 1. The van der Waals surface area contributed by atoms with Gasteiger partial charge < -0.3 is 14.8 Å². The highest BCUT2D eigenvalue weighted by Gasteiger charge is 2.27. The number of hydrogen-bond donors (Lipinski definition) is 1. The van der Waals surface area contributed by atoms with E-state index in [1.54, 1.807) is 7.11 Å². The van der Waals surface area contributed by atoms with Gasteiger partial charge in [0.25, 0.3) is 0 Å². The topological polar surface area (TPSA) is 42.8 Å². The molecule has 4 nitrogen and oxygen atoms in total. The van der Waals surface area contributed by atoms with Gasteiger partial charge >= 0.3 is 0 Å². The third-order valence-corrected chi connectivity index (χ3v) is 3.43. The van der Waals surface area contributed by atoms with Gasteiger partial charge in [-0.1, -0.05) is 26.0 Å². The summed E-state index contributed by atoms with van der Waals surface area (Å²) in [6, 6.07) is 7.97.